The van der Waals surface area contributed by atoms with E-state index in [-0.39, 0.29) is 6.03 Å². The van der Waals surface area contributed by atoms with E-state index < -0.39 is 0 Å². The lowest BCUT2D eigenvalue weighted by atomic mass is 10.2. The third kappa shape index (κ3) is 3.44. The van der Waals surface area contributed by atoms with E-state index in [1.54, 1.807) is 0 Å². The molecule has 0 bridgehead atoms. The molecule has 1 aromatic heterocycles. The largest absolute Gasteiger partial charge is 0.361 e. The van der Waals surface area contributed by atoms with Crippen molar-refractivity contribution in [1.82, 2.24) is 10.3 Å². The SMILES string of the molecule is O=C(NCc1ccc(Br)cc1)Nc1ccc2cc[nH]c2c1. The number of hydrogen-bond donors (Lipinski definition) is 3. The van der Waals surface area contributed by atoms with Gasteiger partial charge in [0.05, 0.1) is 0 Å². The second kappa shape index (κ2) is 6.01. The molecule has 4 nitrogen and oxygen atoms in total. The molecule has 3 N–H and O–H groups in total. The number of aromatic nitrogens is 1. The number of nitrogens with one attached hydrogen (secondary N) is 3. The lowest BCUT2D eigenvalue weighted by Gasteiger charge is -2.08. The first-order chi connectivity index (χ1) is 10.2. The fourth-order valence-electron chi connectivity index (χ4n) is 2.09. The van der Waals surface area contributed by atoms with Gasteiger partial charge < -0.3 is 15.6 Å². The minimum atomic E-state index is -0.219. The molecule has 106 valence electrons. The van der Waals surface area contributed by atoms with Gasteiger partial charge in [-0.15, -0.1) is 0 Å². The van der Waals surface area contributed by atoms with E-state index in [9.17, 15) is 4.79 Å². The molecule has 2 amide bonds. The number of benzene rings is 2. The zero-order valence-corrected chi connectivity index (χ0v) is 12.8. The Morgan fingerprint density at radius 2 is 1.90 bits per heavy atom. The number of rotatable bonds is 3. The first kappa shape index (κ1) is 13.7. The van der Waals surface area contributed by atoms with Crippen molar-refractivity contribution in [3.05, 3.63) is 64.8 Å². The number of fused-ring (bicyclic) bond motifs is 1. The van der Waals surface area contributed by atoms with Crippen molar-refractivity contribution in [2.45, 2.75) is 6.54 Å². The van der Waals surface area contributed by atoms with Crippen molar-refractivity contribution in [3.8, 4) is 0 Å². The number of aromatic amines is 1. The zero-order valence-electron chi connectivity index (χ0n) is 11.2. The molecular formula is C16H14BrN3O. The van der Waals surface area contributed by atoms with Crippen LogP contribution in [-0.2, 0) is 6.54 Å². The van der Waals surface area contributed by atoms with E-state index in [2.05, 4.69) is 31.5 Å². The molecular weight excluding hydrogens is 330 g/mol. The van der Waals surface area contributed by atoms with Crippen LogP contribution in [0.1, 0.15) is 5.56 Å². The van der Waals surface area contributed by atoms with Crippen LogP contribution in [-0.4, -0.2) is 11.0 Å². The number of carbonyl (C=O) groups excluding carboxylic acids is 1. The Bertz CT molecular complexity index is 765. The Hall–Kier alpha value is -2.27. The van der Waals surface area contributed by atoms with E-state index in [1.807, 2.05) is 54.7 Å². The molecule has 21 heavy (non-hydrogen) atoms. The highest BCUT2D eigenvalue weighted by atomic mass is 79.9. The van der Waals surface area contributed by atoms with E-state index in [1.165, 1.54) is 0 Å². The summed E-state index contributed by atoms with van der Waals surface area (Å²) in [5.74, 6) is 0. The van der Waals surface area contributed by atoms with E-state index >= 15 is 0 Å². The van der Waals surface area contributed by atoms with E-state index in [0.29, 0.717) is 6.54 Å². The van der Waals surface area contributed by atoms with Gasteiger partial charge in [-0.1, -0.05) is 34.1 Å². The predicted octanol–water partition coefficient (Wildman–Crippen LogP) is 4.25. The summed E-state index contributed by atoms with van der Waals surface area (Å²) in [4.78, 5) is 15.0. The van der Waals surface area contributed by atoms with Crippen molar-refractivity contribution < 1.29 is 4.79 Å². The van der Waals surface area contributed by atoms with Crippen LogP contribution in [0.2, 0.25) is 0 Å². The topological polar surface area (TPSA) is 56.9 Å². The maximum atomic E-state index is 11.9. The molecule has 3 aromatic rings. The Kier molecular flexibility index (Phi) is 3.92. The van der Waals surface area contributed by atoms with Gasteiger partial charge in [-0.25, -0.2) is 4.79 Å². The number of hydrogen-bond acceptors (Lipinski definition) is 1. The second-order valence-electron chi connectivity index (χ2n) is 4.71. The molecule has 0 atom stereocenters. The van der Waals surface area contributed by atoms with Gasteiger partial charge in [-0.05, 0) is 41.3 Å². The normalized spacial score (nSPS) is 10.5. The van der Waals surface area contributed by atoms with Gasteiger partial charge in [0.2, 0.25) is 0 Å². The third-order valence-electron chi connectivity index (χ3n) is 3.18. The van der Waals surface area contributed by atoms with Crippen LogP contribution in [0.4, 0.5) is 10.5 Å². The average Bonchev–Trinajstić information content (AvgIpc) is 2.94. The van der Waals surface area contributed by atoms with Gasteiger partial charge in [-0.2, -0.15) is 0 Å². The first-order valence-electron chi connectivity index (χ1n) is 6.57. The predicted molar refractivity (Wildman–Crippen MR) is 88.3 cm³/mol. The number of carbonyl (C=O) groups is 1. The minimum Gasteiger partial charge on any atom is -0.361 e. The summed E-state index contributed by atoms with van der Waals surface area (Å²) < 4.78 is 1.02. The molecule has 0 aliphatic carbocycles. The lowest BCUT2D eigenvalue weighted by molar-refractivity contribution is 0.251. The molecule has 0 aliphatic heterocycles. The number of amides is 2. The minimum absolute atomic E-state index is 0.219. The Balaban J connectivity index is 1.59. The van der Waals surface area contributed by atoms with E-state index in [0.717, 1.165) is 26.6 Å². The molecule has 0 spiro atoms. The second-order valence-corrected chi connectivity index (χ2v) is 5.63. The summed E-state index contributed by atoms with van der Waals surface area (Å²) in [5.41, 5.74) is 2.81. The van der Waals surface area contributed by atoms with Gasteiger partial charge in [0.15, 0.2) is 0 Å². The molecule has 0 aliphatic rings. The summed E-state index contributed by atoms with van der Waals surface area (Å²) in [6.07, 6.45) is 1.88. The Morgan fingerprint density at radius 3 is 2.71 bits per heavy atom. The zero-order chi connectivity index (χ0) is 14.7. The van der Waals surface area contributed by atoms with Gasteiger partial charge in [-0.3, -0.25) is 0 Å². The smallest absolute Gasteiger partial charge is 0.319 e. The van der Waals surface area contributed by atoms with Crippen molar-refractivity contribution in [3.63, 3.8) is 0 Å². The highest BCUT2D eigenvalue weighted by Crippen LogP contribution is 2.17. The molecule has 5 heteroatoms. The number of urea groups is 1. The van der Waals surface area contributed by atoms with Crippen LogP contribution in [0.5, 0.6) is 0 Å². The average molecular weight is 344 g/mol. The highest BCUT2D eigenvalue weighted by Gasteiger charge is 2.03. The van der Waals surface area contributed by atoms with Crippen molar-refractivity contribution in [2.75, 3.05) is 5.32 Å². The van der Waals surface area contributed by atoms with Crippen LogP contribution in [0.3, 0.4) is 0 Å². The molecule has 3 rings (SSSR count). The summed E-state index contributed by atoms with van der Waals surface area (Å²) >= 11 is 3.38. The third-order valence-corrected chi connectivity index (χ3v) is 3.71. The Morgan fingerprint density at radius 1 is 1.10 bits per heavy atom. The molecule has 1 heterocycles. The Labute approximate surface area is 130 Å². The van der Waals surface area contributed by atoms with Crippen molar-refractivity contribution in [1.29, 1.82) is 0 Å². The molecule has 0 fully saturated rings. The van der Waals surface area contributed by atoms with E-state index in [4.69, 9.17) is 0 Å². The maximum absolute atomic E-state index is 11.9. The molecule has 0 radical (unpaired) electrons. The molecule has 2 aromatic carbocycles. The monoisotopic (exact) mass is 343 g/mol. The number of halogens is 1. The van der Waals surface area contributed by atoms with Crippen LogP contribution >= 0.6 is 15.9 Å². The van der Waals surface area contributed by atoms with Crippen LogP contribution in [0.25, 0.3) is 10.9 Å². The standard InChI is InChI=1S/C16H14BrN3O/c17-13-4-1-11(2-5-13)10-19-16(21)20-14-6-3-12-7-8-18-15(12)9-14/h1-9,18H,10H2,(H2,19,20,21). The maximum Gasteiger partial charge on any atom is 0.319 e. The molecule has 0 saturated carbocycles. The number of anilines is 1. The number of H-pyrrole nitrogens is 1. The van der Waals surface area contributed by atoms with Crippen LogP contribution < -0.4 is 10.6 Å². The van der Waals surface area contributed by atoms with Gasteiger partial charge in [0, 0.05) is 28.4 Å². The fourth-order valence-corrected chi connectivity index (χ4v) is 2.35. The summed E-state index contributed by atoms with van der Waals surface area (Å²) in [6.45, 7) is 0.490. The highest BCUT2D eigenvalue weighted by molar-refractivity contribution is 9.10. The van der Waals surface area contributed by atoms with Gasteiger partial charge in [0.25, 0.3) is 0 Å². The molecule has 0 unspecified atom stereocenters. The first-order valence-corrected chi connectivity index (χ1v) is 7.36. The summed E-state index contributed by atoms with van der Waals surface area (Å²) in [6, 6.07) is 15.4. The van der Waals surface area contributed by atoms with Crippen molar-refractivity contribution in [2.24, 2.45) is 0 Å². The lowest BCUT2D eigenvalue weighted by Crippen LogP contribution is -2.28. The van der Waals surface area contributed by atoms with Gasteiger partial charge >= 0.3 is 6.03 Å². The fraction of sp³-hybridized carbons (Fsp3) is 0.0625. The van der Waals surface area contributed by atoms with Gasteiger partial charge in [0.1, 0.15) is 0 Å². The van der Waals surface area contributed by atoms with Crippen LogP contribution in [0.15, 0.2) is 59.2 Å². The van der Waals surface area contributed by atoms with Crippen molar-refractivity contribution >= 4 is 38.6 Å². The van der Waals surface area contributed by atoms with Crippen LogP contribution in [0, 0.1) is 0 Å². The summed E-state index contributed by atoms with van der Waals surface area (Å²) in [7, 11) is 0. The summed E-state index contributed by atoms with van der Waals surface area (Å²) in [5, 5.41) is 6.78. The quantitative estimate of drug-likeness (QED) is 0.654. The molecule has 0 saturated heterocycles.